The van der Waals surface area contributed by atoms with Gasteiger partial charge in [0, 0.05) is 47.0 Å². The molecule has 1 heterocycles. The summed E-state index contributed by atoms with van der Waals surface area (Å²) in [5.41, 5.74) is 1.19. The van der Waals surface area contributed by atoms with Gasteiger partial charge in [-0.05, 0) is 25.5 Å². The maximum Gasteiger partial charge on any atom is 0.241 e. The van der Waals surface area contributed by atoms with E-state index in [0.29, 0.717) is 12.5 Å². The van der Waals surface area contributed by atoms with E-state index in [9.17, 15) is 4.79 Å². The average molecular weight is 401 g/mol. The molecule has 2 rings (SSSR count). The molecule has 158 valence electrons. The van der Waals surface area contributed by atoms with E-state index in [2.05, 4.69) is 49.9 Å². The molecule has 0 saturated heterocycles. The van der Waals surface area contributed by atoms with Crippen molar-refractivity contribution in [3.05, 3.63) is 42.0 Å². The SMILES string of the molecule is Cc1nnc(CN=C(NCCCN(C)c2ccccc2)NCC(=O)N(C)C)n1C. The summed E-state index contributed by atoms with van der Waals surface area (Å²) in [4.78, 5) is 20.2. The number of anilines is 1. The summed E-state index contributed by atoms with van der Waals surface area (Å²) in [5.74, 6) is 2.18. The van der Waals surface area contributed by atoms with Gasteiger partial charge in [0.25, 0.3) is 0 Å². The Bertz CT molecular complexity index is 800. The van der Waals surface area contributed by atoms with Gasteiger partial charge in [-0.2, -0.15) is 0 Å². The third kappa shape index (κ3) is 7.10. The van der Waals surface area contributed by atoms with Crippen LogP contribution in [-0.2, 0) is 18.4 Å². The Labute approximate surface area is 172 Å². The number of nitrogens with one attached hydrogen (secondary N) is 2. The number of aliphatic imine (C=N–C) groups is 1. The molecule has 0 aliphatic rings. The van der Waals surface area contributed by atoms with Crippen molar-refractivity contribution in [2.24, 2.45) is 12.0 Å². The summed E-state index contributed by atoms with van der Waals surface area (Å²) < 4.78 is 1.90. The van der Waals surface area contributed by atoms with Crippen molar-refractivity contribution in [2.75, 3.05) is 45.7 Å². The molecule has 0 spiro atoms. The van der Waals surface area contributed by atoms with Gasteiger partial charge in [-0.15, -0.1) is 10.2 Å². The molecule has 2 aromatic rings. The summed E-state index contributed by atoms with van der Waals surface area (Å²) >= 11 is 0. The van der Waals surface area contributed by atoms with E-state index in [1.54, 1.807) is 19.0 Å². The molecule has 9 nitrogen and oxygen atoms in total. The lowest BCUT2D eigenvalue weighted by Crippen LogP contribution is -2.43. The Morgan fingerprint density at radius 3 is 2.48 bits per heavy atom. The topological polar surface area (TPSA) is 90.7 Å². The van der Waals surface area contributed by atoms with E-state index in [0.717, 1.165) is 31.2 Å². The van der Waals surface area contributed by atoms with Gasteiger partial charge in [0.05, 0.1) is 6.54 Å². The Kier molecular flexibility index (Phi) is 8.45. The Balaban J connectivity index is 1.89. The highest BCUT2D eigenvalue weighted by Crippen LogP contribution is 2.10. The van der Waals surface area contributed by atoms with Gasteiger partial charge in [0.1, 0.15) is 12.4 Å². The van der Waals surface area contributed by atoms with E-state index < -0.39 is 0 Å². The first-order valence-corrected chi connectivity index (χ1v) is 9.72. The maximum absolute atomic E-state index is 11.9. The van der Waals surface area contributed by atoms with E-state index >= 15 is 0 Å². The zero-order valence-electron chi connectivity index (χ0n) is 18.0. The number of carbonyl (C=O) groups excluding carboxylic acids is 1. The average Bonchev–Trinajstić information content (AvgIpc) is 3.04. The molecule has 0 aliphatic heterocycles. The van der Waals surface area contributed by atoms with Crippen LogP contribution >= 0.6 is 0 Å². The fraction of sp³-hybridized carbons (Fsp3) is 0.500. The predicted molar refractivity (Wildman–Crippen MR) is 116 cm³/mol. The van der Waals surface area contributed by atoms with E-state index in [1.807, 2.05) is 36.7 Å². The Morgan fingerprint density at radius 1 is 1.14 bits per heavy atom. The van der Waals surface area contributed by atoms with Crippen molar-refractivity contribution < 1.29 is 4.79 Å². The molecule has 2 N–H and O–H groups in total. The number of para-hydroxylation sites is 1. The zero-order chi connectivity index (χ0) is 21.2. The van der Waals surface area contributed by atoms with Crippen LogP contribution in [0.25, 0.3) is 0 Å². The van der Waals surface area contributed by atoms with Crippen LogP contribution in [0.5, 0.6) is 0 Å². The van der Waals surface area contributed by atoms with Crippen molar-refractivity contribution in [3.63, 3.8) is 0 Å². The van der Waals surface area contributed by atoms with E-state index in [-0.39, 0.29) is 12.5 Å². The summed E-state index contributed by atoms with van der Waals surface area (Å²) in [6.07, 6.45) is 0.927. The van der Waals surface area contributed by atoms with Crippen molar-refractivity contribution in [2.45, 2.75) is 19.9 Å². The van der Waals surface area contributed by atoms with Crippen molar-refractivity contribution in [1.29, 1.82) is 0 Å². The fourth-order valence-electron chi connectivity index (χ4n) is 2.56. The first-order valence-electron chi connectivity index (χ1n) is 9.72. The first-order chi connectivity index (χ1) is 13.9. The highest BCUT2D eigenvalue weighted by atomic mass is 16.2. The normalized spacial score (nSPS) is 11.3. The number of hydrogen-bond acceptors (Lipinski definition) is 5. The second-order valence-corrected chi connectivity index (χ2v) is 7.07. The molecule has 0 saturated carbocycles. The summed E-state index contributed by atoms with van der Waals surface area (Å²) in [7, 11) is 7.45. The molecule has 1 amide bonds. The minimum Gasteiger partial charge on any atom is -0.375 e. The second-order valence-electron chi connectivity index (χ2n) is 7.07. The molecule has 0 aliphatic carbocycles. The molecular weight excluding hydrogens is 368 g/mol. The number of aryl methyl sites for hydroxylation is 1. The van der Waals surface area contributed by atoms with E-state index in [4.69, 9.17) is 0 Å². The summed E-state index contributed by atoms with van der Waals surface area (Å²) in [5, 5.41) is 14.6. The molecule has 0 atom stereocenters. The third-order valence-corrected chi connectivity index (χ3v) is 4.63. The molecule has 0 fully saturated rings. The van der Waals surface area contributed by atoms with Crippen molar-refractivity contribution in [1.82, 2.24) is 30.3 Å². The largest absolute Gasteiger partial charge is 0.375 e. The number of nitrogens with zero attached hydrogens (tertiary/aromatic N) is 6. The van der Waals surface area contributed by atoms with Crippen molar-refractivity contribution >= 4 is 17.6 Å². The molecular formula is C20H32N8O. The minimum atomic E-state index is -0.0159. The lowest BCUT2D eigenvalue weighted by Gasteiger charge is -2.20. The monoisotopic (exact) mass is 400 g/mol. The van der Waals surface area contributed by atoms with E-state index in [1.165, 1.54) is 5.69 Å². The molecule has 9 heteroatoms. The number of hydrogen-bond donors (Lipinski definition) is 2. The fourth-order valence-corrected chi connectivity index (χ4v) is 2.56. The first kappa shape index (κ1) is 22.2. The van der Waals surface area contributed by atoms with Crippen LogP contribution in [0.1, 0.15) is 18.1 Å². The van der Waals surface area contributed by atoms with Crippen molar-refractivity contribution in [3.8, 4) is 0 Å². The maximum atomic E-state index is 11.9. The zero-order valence-corrected chi connectivity index (χ0v) is 18.0. The standard InChI is InChI=1S/C20H32N8O/c1-16-24-25-18(28(16)5)14-22-20(23-15-19(29)26(2)3)21-12-9-13-27(4)17-10-7-6-8-11-17/h6-8,10-11H,9,12-15H2,1-5H3,(H2,21,22,23). The highest BCUT2D eigenvalue weighted by molar-refractivity contribution is 5.86. The summed E-state index contributed by atoms with van der Waals surface area (Å²) in [6.45, 7) is 4.10. The van der Waals surface area contributed by atoms with Crippen LogP contribution in [0.3, 0.4) is 0 Å². The lowest BCUT2D eigenvalue weighted by atomic mass is 10.3. The van der Waals surface area contributed by atoms with Crippen LogP contribution in [0, 0.1) is 6.92 Å². The van der Waals surface area contributed by atoms with Crippen LogP contribution in [0.15, 0.2) is 35.3 Å². The molecule has 0 bridgehead atoms. The number of rotatable bonds is 9. The second kappa shape index (κ2) is 11.0. The van der Waals surface area contributed by atoms with Gasteiger partial charge >= 0.3 is 0 Å². The number of guanidine groups is 1. The van der Waals surface area contributed by atoms with Gasteiger partial charge in [-0.1, -0.05) is 18.2 Å². The number of aromatic nitrogens is 3. The van der Waals surface area contributed by atoms with Gasteiger partial charge < -0.3 is 25.0 Å². The Hall–Kier alpha value is -3.10. The molecule has 0 radical (unpaired) electrons. The van der Waals surface area contributed by atoms with Crippen LogP contribution in [0.2, 0.25) is 0 Å². The van der Waals surface area contributed by atoms with Gasteiger partial charge in [-0.25, -0.2) is 4.99 Å². The molecule has 0 unspecified atom stereocenters. The number of likely N-dealkylation sites (N-methyl/N-ethyl adjacent to an activating group) is 1. The van der Waals surface area contributed by atoms with Gasteiger partial charge in [-0.3, -0.25) is 4.79 Å². The molecule has 1 aromatic heterocycles. The smallest absolute Gasteiger partial charge is 0.241 e. The third-order valence-electron chi connectivity index (χ3n) is 4.63. The number of amides is 1. The van der Waals surface area contributed by atoms with Gasteiger partial charge in [0.2, 0.25) is 5.91 Å². The molecule has 1 aromatic carbocycles. The number of carbonyl (C=O) groups is 1. The quantitative estimate of drug-likeness (QED) is 0.367. The minimum absolute atomic E-state index is 0.0159. The van der Waals surface area contributed by atoms with Gasteiger partial charge in [0.15, 0.2) is 11.8 Å². The summed E-state index contributed by atoms with van der Waals surface area (Å²) in [6, 6.07) is 10.3. The predicted octanol–water partition coefficient (Wildman–Crippen LogP) is 0.773. The number of benzene rings is 1. The Morgan fingerprint density at radius 2 is 1.86 bits per heavy atom. The van der Waals surface area contributed by atoms with Crippen LogP contribution in [-0.4, -0.2) is 72.3 Å². The highest BCUT2D eigenvalue weighted by Gasteiger charge is 2.08. The van der Waals surface area contributed by atoms with Crippen LogP contribution < -0.4 is 15.5 Å². The van der Waals surface area contributed by atoms with Crippen LogP contribution in [0.4, 0.5) is 5.69 Å². The lowest BCUT2D eigenvalue weighted by molar-refractivity contribution is -0.127. The molecule has 29 heavy (non-hydrogen) atoms.